The zero-order valence-corrected chi connectivity index (χ0v) is 16.7. The van der Waals surface area contributed by atoms with Crippen LogP contribution in [0, 0.1) is 0 Å². The summed E-state index contributed by atoms with van der Waals surface area (Å²) in [4.78, 5) is 12.5. The molecule has 0 saturated heterocycles. The van der Waals surface area contributed by atoms with Gasteiger partial charge in [0.05, 0.1) is 0 Å². The molecule has 0 saturated carbocycles. The monoisotopic (exact) mass is 410 g/mol. The van der Waals surface area contributed by atoms with E-state index in [4.69, 9.17) is 21.1 Å². The van der Waals surface area contributed by atoms with Gasteiger partial charge >= 0.3 is 0 Å². The van der Waals surface area contributed by atoms with Crippen molar-refractivity contribution in [1.29, 1.82) is 0 Å². The number of fused-ring (bicyclic) bond motifs is 1. The van der Waals surface area contributed by atoms with Crippen molar-refractivity contribution in [2.45, 2.75) is 25.2 Å². The molecule has 2 unspecified atom stereocenters. The van der Waals surface area contributed by atoms with Gasteiger partial charge in [0.2, 0.25) is 0 Å². The molecule has 2 atom stereocenters. The highest BCUT2D eigenvalue weighted by Gasteiger charge is 2.34. The molecule has 27 heavy (non-hydrogen) atoms. The molecule has 0 aromatic heterocycles. The fraction of sp³-hybridized carbons (Fsp3) is 0.350. The van der Waals surface area contributed by atoms with Gasteiger partial charge in [-0.2, -0.15) is 0 Å². The third kappa shape index (κ3) is 5.59. The van der Waals surface area contributed by atoms with Gasteiger partial charge in [0.15, 0.2) is 0 Å². The maximum atomic E-state index is 12.5. The summed E-state index contributed by atoms with van der Waals surface area (Å²) >= 11 is 6.14. The molecule has 1 aliphatic rings. The summed E-state index contributed by atoms with van der Waals surface area (Å²) < 4.78 is 11.8. The van der Waals surface area contributed by atoms with Crippen molar-refractivity contribution in [3.63, 3.8) is 0 Å². The van der Waals surface area contributed by atoms with Crippen LogP contribution in [-0.4, -0.2) is 32.3 Å². The minimum Gasteiger partial charge on any atom is -0.455 e. The van der Waals surface area contributed by atoms with Crippen LogP contribution in [-0.2, 0) is 9.53 Å². The highest BCUT2D eigenvalue weighted by atomic mass is 35.5. The molecule has 1 aliphatic heterocycles. The highest BCUT2D eigenvalue weighted by molar-refractivity contribution is 6.30. The van der Waals surface area contributed by atoms with Gasteiger partial charge in [-0.05, 0) is 50.2 Å². The van der Waals surface area contributed by atoms with Crippen LogP contribution in [0.15, 0.2) is 48.5 Å². The second kappa shape index (κ2) is 10.5. The van der Waals surface area contributed by atoms with E-state index in [-0.39, 0.29) is 18.3 Å². The van der Waals surface area contributed by atoms with Gasteiger partial charge in [-0.25, -0.2) is 0 Å². The van der Waals surface area contributed by atoms with Crippen LogP contribution in [0.25, 0.3) is 0 Å². The second-order valence-corrected chi connectivity index (χ2v) is 6.60. The number of unbranched alkanes of at least 4 members (excludes halogenated alkanes) is 1. The van der Waals surface area contributed by atoms with Crippen molar-refractivity contribution in [1.82, 2.24) is 10.6 Å². The summed E-state index contributed by atoms with van der Waals surface area (Å²) in [5.41, 5.74) is 1.77. The molecular weight excluding hydrogens is 387 g/mol. The molecule has 0 aliphatic carbocycles. The first-order valence-electron chi connectivity index (χ1n) is 8.78. The lowest BCUT2D eigenvalue weighted by atomic mass is 9.99. The lowest BCUT2D eigenvalue weighted by Crippen LogP contribution is -2.43. The molecule has 0 fully saturated rings. The number of ether oxygens (including phenoxy) is 2. The lowest BCUT2D eigenvalue weighted by molar-refractivity contribution is -0.165. The van der Waals surface area contributed by atoms with Crippen molar-refractivity contribution in [2.75, 3.05) is 20.1 Å². The van der Waals surface area contributed by atoms with Crippen LogP contribution < -0.4 is 15.4 Å². The number of hydrogen-bond acceptors (Lipinski definition) is 4. The van der Waals surface area contributed by atoms with Crippen LogP contribution in [0.5, 0.6) is 5.75 Å². The fourth-order valence-corrected chi connectivity index (χ4v) is 3.08. The van der Waals surface area contributed by atoms with Gasteiger partial charge in [-0.3, -0.25) is 4.79 Å². The number of carbonyl (C=O) groups excluding carboxylic acids is 1. The van der Waals surface area contributed by atoms with Crippen LogP contribution in [0.3, 0.4) is 0 Å². The summed E-state index contributed by atoms with van der Waals surface area (Å²) in [5, 5.41) is 6.57. The zero-order chi connectivity index (χ0) is 18.4. The molecular formula is C20H24Cl2N2O3. The van der Waals surface area contributed by atoms with E-state index in [0.29, 0.717) is 17.3 Å². The topological polar surface area (TPSA) is 59.6 Å². The molecule has 7 heteroatoms. The Balaban J connectivity index is 0.00000261. The van der Waals surface area contributed by atoms with E-state index >= 15 is 0 Å². The van der Waals surface area contributed by atoms with Crippen molar-refractivity contribution in [3.05, 3.63) is 64.7 Å². The van der Waals surface area contributed by atoms with Crippen LogP contribution in [0.1, 0.15) is 30.1 Å². The zero-order valence-electron chi connectivity index (χ0n) is 15.1. The predicted octanol–water partition coefficient (Wildman–Crippen LogP) is 3.70. The number of rotatable bonds is 7. The standard InChI is InChI=1S/C20H23ClN2O3.ClH/c1-22-11-5-6-12-23-19(24)20-25-17-10-9-15(21)13-16(17)18(26-20)14-7-3-2-4-8-14;/h2-4,7-10,13,18,20,22H,5-6,11-12H2,1H3,(H,23,24);1H. The van der Waals surface area contributed by atoms with E-state index in [0.717, 1.165) is 30.5 Å². The molecule has 1 amide bonds. The third-order valence-corrected chi connectivity index (χ3v) is 4.45. The molecule has 146 valence electrons. The van der Waals surface area contributed by atoms with E-state index < -0.39 is 12.4 Å². The number of benzene rings is 2. The van der Waals surface area contributed by atoms with Gasteiger partial charge in [-0.15, -0.1) is 12.4 Å². The Labute approximate surface area is 170 Å². The summed E-state index contributed by atoms with van der Waals surface area (Å²) in [6.45, 7) is 1.52. The average Bonchev–Trinajstić information content (AvgIpc) is 2.67. The second-order valence-electron chi connectivity index (χ2n) is 6.16. The van der Waals surface area contributed by atoms with Crippen molar-refractivity contribution >= 4 is 29.9 Å². The lowest BCUT2D eigenvalue weighted by Gasteiger charge is -2.32. The Morgan fingerprint density at radius 1 is 1.11 bits per heavy atom. The Morgan fingerprint density at radius 2 is 1.85 bits per heavy atom. The number of halogens is 2. The normalized spacial score (nSPS) is 18.0. The Morgan fingerprint density at radius 3 is 2.59 bits per heavy atom. The highest BCUT2D eigenvalue weighted by Crippen LogP contribution is 2.39. The number of carbonyl (C=O) groups is 1. The van der Waals surface area contributed by atoms with E-state index in [2.05, 4.69) is 10.6 Å². The third-order valence-electron chi connectivity index (χ3n) is 4.22. The van der Waals surface area contributed by atoms with Gasteiger partial charge in [0.1, 0.15) is 11.9 Å². The molecule has 3 rings (SSSR count). The van der Waals surface area contributed by atoms with Gasteiger partial charge in [0.25, 0.3) is 12.2 Å². The largest absolute Gasteiger partial charge is 0.455 e. The molecule has 0 spiro atoms. The minimum absolute atomic E-state index is 0. The average molecular weight is 411 g/mol. The number of hydrogen-bond donors (Lipinski definition) is 2. The number of amides is 1. The maximum absolute atomic E-state index is 12.5. The molecule has 2 aromatic rings. The summed E-state index contributed by atoms with van der Waals surface area (Å²) in [7, 11) is 1.91. The molecule has 1 heterocycles. The summed E-state index contributed by atoms with van der Waals surface area (Å²) in [6.07, 6.45) is 0.502. The van der Waals surface area contributed by atoms with Gasteiger partial charge in [0, 0.05) is 17.1 Å². The van der Waals surface area contributed by atoms with E-state index in [1.165, 1.54) is 0 Å². The van der Waals surface area contributed by atoms with Crippen LogP contribution in [0.2, 0.25) is 5.02 Å². The summed E-state index contributed by atoms with van der Waals surface area (Å²) in [6, 6.07) is 15.1. The Hall–Kier alpha value is -1.79. The van der Waals surface area contributed by atoms with Crippen LogP contribution >= 0.6 is 24.0 Å². The smallest absolute Gasteiger partial charge is 0.289 e. The first-order chi connectivity index (χ1) is 12.7. The van der Waals surface area contributed by atoms with Crippen molar-refractivity contribution in [2.24, 2.45) is 0 Å². The molecule has 2 N–H and O–H groups in total. The molecule has 0 radical (unpaired) electrons. The van der Waals surface area contributed by atoms with Gasteiger partial charge in [-0.1, -0.05) is 41.9 Å². The quantitative estimate of drug-likeness (QED) is 0.683. The Bertz CT molecular complexity index is 743. The molecule has 5 nitrogen and oxygen atoms in total. The SMILES string of the molecule is CNCCCCNC(=O)C1Oc2ccc(Cl)cc2C(c2ccccc2)O1.Cl. The number of nitrogens with one attached hydrogen (secondary N) is 2. The fourth-order valence-electron chi connectivity index (χ4n) is 2.89. The molecule has 2 aromatic carbocycles. The van der Waals surface area contributed by atoms with Crippen molar-refractivity contribution < 1.29 is 14.3 Å². The minimum atomic E-state index is -0.988. The Kier molecular flexibility index (Phi) is 8.38. The first-order valence-corrected chi connectivity index (χ1v) is 9.15. The van der Waals surface area contributed by atoms with Crippen molar-refractivity contribution in [3.8, 4) is 5.75 Å². The summed E-state index contributed by atoms with van der Waals surface area (Å²) in [5.74, 6) is 0.348. The van der Waals surface area contributed by atoms with E-state index in [9.17, 15) is 4.79 Å². The van der Waals surface area contributed by atoms with E-state index in [1.807, 2.05) is 43.4 Å². The predicted molar refractivity (Wildman–Crippen MR) is 109 cm³/mol. The van der Waals surface area contributed by atoms with Crippen LogP contribution in [0.4, 0.5) is 0 Å². The first kappa shape index (κ1) is 21.5. The van der Waals surface area contributed by atoms with Gasteiger partial charge < -0.3 is 20.1 Å². The molecule has 0 bridgehead atoms. The van der Waals surface area contributed by atoms with E-state index in [1.54, 1.807) is 12.1 Å². The maximum Gasteiger partial charge on any atom is 0.289 e.